The second-order valence-corrected chi connectivity index (χ2v) is 7.55. The molecule has 3 heterocycles. The predicted molar refractivity (Wildman–Crippen MR) is 97.2 cm³/mol. The van der Waals surface area contributed by atoms with E-state index in [9.17, 15) is 9.59 Å². The quantitative estimate of drug-likeness (QED) is 0.871. The average molecular weight is 358 g/mol. The fourth-order valence-corrected chi connectivity index (χ4v) is 3.44. The SMILES string of the molecule is CC(C)CC(=O)N1CCC[C@@]2(CC(C(=O)NCc3cccnc3)=NO2)C1. The molecule has 3 rings (SSSR count). The molecule has 2 aliphatic heterocycles. The topological polar surface area (TPSA) is 83.9 Å². The van der Waals surface area contributed by atoms with Crippen molar-refractivity contribution < 1.29 is 14.4 Å². The Kier molecular flexibility index (Phi) is 5.54. The third-order valence-electron chi connectivity index (χ3n) is 4.75. The summed E-state index contributed by atoms with van der Waals surface area (Å²) in [7, 11) is 0. The number of carbonyl (C=O) groups is 2. The summed E-state index contributed by atoms with van der Waals surface area (Å²) in [5.41, 5.74) is 0.775. The van der Waals surface area contributed by atoms with E-state index in [1.54, 1.807) is 12.4 Å². The van der Waals surface area contributed by atoms with E-state index in [0.29, 0.717) is 37.6 Å². The van der Waals surface area contributed by atoms with Crippen LogP contribution in [0.25, 0.3) is 0 Å². The van der Waals surface area contributed by atoms with Gasteiger partial charge in [-0.3, -0.25) is 14.6 Å². The molecule has 1 aromatic rings. The maximum atomic E-state index is 12.4. The van der Waals surface area contributed by atoms with Crippen molar-refractivity contribution in [3.05, 3.63) is 30.1 Å². The van der Waals surface area contributed by atoms with Gasteiger partial charge in [-0.1, -0.05) is 25.1 Å². The van der Waals surface area contributed by atoms with E-state index >= 15 is 0 Å². The zero-order valence-electron chi connectivity index (χ0n) is 15.4. The van der Waals surface area contributed by atoms with Gasteiger partial charge in [0.25, 0.3) is 5.91 Å². The van der Waals surface area contributed by atoms with Gasteiger partial charge in [-0.15, -0.1) is 0 Å². The van der Waals surface area contributed by atoms with E-state index in [1.807, 2.05) is 30.9 Å². The number of piperidine rings is 1. The normalized spacial score (nSPS) is 22.3. The molecule has 0 aliphatic carbocycles. The van der Waals surface area contributed by atoms with Gasteiger partial charge < -0.3 is 15.1 Å². The highest BCUT2D eigenvalue weighted by Gasteiger charge is 2.45. The van der Waals surface area contributed by atoms with E-state index < -0.39 is 5.60 Å². The van der Waals surface area contributed by atoms with Crippen LogP contribution in [0.5, 0.6) is 0 Å². The van der Waals surface area contributed by atoms with E-state index in [4.69, 9.17) is 4.84 Å². The van der Waals surface area contributed by atoms with E-state index in [0.717, 1.165) is 24.9 Å². The molecule has 0 unspecified atom stereocenters. The number of carbonyl (C=O) groups excluding carboxylic acids is 2. The summed E-state index contributed by atoms with van der Waals surface area (Å²) < 4.78 is 0. The Morgan fingerprint density at radius 2 is 2.27 bits per heavy atom. The number of nitrogens with zero attached hydrogens (tertiary/aromatic N) is 3. The molecule has 26 heavy (non-hydrogen) atoms. The summed E-state index contributed by atoms with van der Waals surface area (Å²) in [5.74, 6) is 0.253. The molecule has 0 bridgehead atoms. The number of hydrogen-bond acceptors (Lipinski definition) is 5. The molecule has 1 aromatic heterocycles. The smallest absolute Gasteiger partial charge is 0.269 e. The summed E-state index contributed by atoms with van der Waals surface area (Å²) in [5, 5.41) is 6.88. The third kappa shape index (κ3) is 4.39. The van der Waals surface area contributed by atoms with Crippen LogP contribution in [0.1, 0.15) is 45.1 Å². The Morgan fingerprint density at radius 3 is 3.00 bits per heavy atom. The number of oxime groups is 1. The molecule has 1 atom stereocenters. The van der Waals surface area contributed by atoms with Crippen LogP contribution in [-0.4, -0.2) is 46.1 Å². The van der Waals surface area contributed by atoms with E-state index in [-0.39, 0.29) is 11.8 Å². The lowest BCUT2D eigenvalue weighted by atomic mass is 9.87. The summed E-state index contributed by atoms with van der Waals surface area (Å²) in [4.78, 5) is 36.3. The van der Waals surface area contributed by atoms with Crippen LogP contribution in [0.4, 0.5) is 0 Å². The lowest BCUT2D eigenvalue weighted by Gasteiger charge is -2.38. The average Bonchev–Trinajstić information content (AvgIpc) is 3.03. The second kappa shape index (κ2) is 7.85. The Morgan fingerprint density at radius 1 is 1.42 bits per heavy atom. The molecular weight excluding hydrogens is 332 g/mol. The number of nitrogens with one attached hydrogen (secondary N) is 1. The van der Waals surface area contributed by atoms with Crippen molar-refractivity contribution in [3.63, 3.8) is 0 Å². The fourth-order valence-electron chi connectivity index (χ4n) is 3.44. The zero-order valence-corrected chi connectivity index (χ0v) is 15.4. The van der Waals surface area contributed by atoms with Crippen LogP contribution in [0.3, 0.4) is 0 Å². The highest BCUT2D eigenvalue weighted by molar-refractivity contribution is 6.39. The maximum Gasteiger partial charge on any atom is 0.269 e. The number of hydrogen-bond donors (Lipinski definition) is 1. The summed E-state index contributed by atoms with van der Waals surface area (Å²) in [6, 6.07) is 3.73. The first kappa shape index (κ1) is 18.4. The monoisotopic (exact) mass is 358 g/mol. The van der Waals surface area contributed by atoms with E-state index in [1.165, 1.54) is 0 Å². The standard InChI is InChI=1S/C19H26N4O3/c1-14(2)9-17(24)23-8-4-6-19(13-23)10-16(22-26-19)18(25)21-12-15-5-3-7-20-11-15/h3,5,7,11,14H,4,6,8-10,12-13H2,1-2H3,(H,21,25)/t19-/m1/s1. The van der Waals surface area contributed by atoms with Crippen LogP contribution in [-0.2, 0) is 21.0 Å². The first-order valence-corrected chi connectivity index (χ1v) is 9.17. The summed E-state index contributed by atoms with van der Waals surface area (Å²) in [6.45, 7) is 5.73. The number of amides is 2. The Balaban J connectivity index is 1.54. The van der Waals surface area contributed by atoms with Gasteiger partial charge in [0, 0.05) is 38.3 Å². The first-order valence-electron chi connectivity index (χ1n) is 9.17. The lowest BCUT2D eigenvalue weighted by Crippen LogP contribution is -2.51. The minimum atomic E-state index is -0.550. The largest absolute Gasteiger partial charge is 0.386 e. The van der Waals surface area contributed by atoms with Crippen molar-refractivity contribution in [2.45, 2.75) is 51.7 Å². The van der Waals surface area contributed by atoms with Crippen molar-refractivity contribution in [1.82, 2.24) is 15.2 Å². The van der Waals surface area contributed by atoms with Crippen molar-refractivity contribution in [3.8, 4) is 0 Å². The number of likely N-dealkylation sites (tertiary alicyclic amines) is 1. The Hall–Kier alpha value is -2.44. The van der Waals surface area contributed by atoms with Crippen molar-refractivity contribution in [1.29, 1.82) is 0 Å². The molecule has 0 aromatic carbocycles. The van der Waals surface area contributed by atoms with Gasteiger partial charge in [-0.25, -0.2) is 0 Å². The van der Waals surface area contributed by atoms with Gasteiger partial charge in [0.2, 0.25) is 5.91 Å². The van der Waals surface area contributed by atoms with E-state index in [2.05, 4.69) is 15.5 Å². The lowest BCUT2D eigenvalue weighted by molar-refractivity contribution is -0.141. The molecule has 0 saturated carbocycles. The molecule has 140 valence electrons. The molecule has 7 heteroatoms. The molecule has 7 nitrogen and oxygen atoms in total. The maximum absolute atomic E-state index is 12.4. The zero-order chi connectivity index (χ0) is 18.6. The van der Waals surface area contributed by atoms with Gasteiger partial charge in [0.15, 0.2) is 5.60 Å². The van der Waals surface area contributed by atoms with Gasteiger partial charge in [-0.2, -0.15) is 0 Å². The highest BCUT2D eigenvalue weighted by atomic mass is 16.7. The minimum Gasteiger partial charge on any atom is -0.386 e. The number of rotatable bonds is 5. The van der Waals surface area contributed by atoms with Gasteiger partial charge in [-0.05, 0) is 30.4 Å². The van der Waals surface area contributed by atoms with Crippen LogP contribution in [0, 0.1) is 5.92 Å². The molecule has 2 amide bonds. The van der Waals surface area contributed by atoms with Gasteiger partial charge in [0.1, 0.15) is 5.71 Å². The van der Waals surface area contributed by atoms with Crippen LogP contribution in [0.2, 0.25) is 0 Å². The molecule has 1 fully saturated rings. The van der Waals surface area contributed by atoms with Gasteiger partial charge in [0.05, 0.1) is 6.54 Å². The van der Waals surface area contributed by atoms with Crippen molar-refractivity contribution in [2.24, 2.45) is 11.1 Å². The Labute approximate surface area is 153 Å². The number of aromatic nitrogens is 1. The summed E-state index contributed by atoms with van der Waals surface area (Å²) >= 11 is 0. The number of pyridine rings is 1. The molecule has 2 aliphatic rings. The molecule has 1 N–H and O–H groups in total. The summed E-state index contributed by atoms with van der Waals surface area (Å²) in [6.07, 6.45) is 6.06. The third-order valence-corrected chi connectivity index (χ3v) is 4.75. The molecule has 1 spiro atoms. The van der Waals surface area contributed by atoms with Gasteiger partial charge >= 0.3 is 0 Å². The van der Waals surface area contributed by atoms with Crippen LogP contribution < -0.4 is 5.32 Å². The molecule has 0 radical (unpaired) electrons. The first-order chi connectivity index (χ1) is 12.5. The van der Waals surface area contributed by atoms with Crippen molar-refractivity contribution >= 4 is 17.5 Å². The molecular formula is C19H26N4O3. The fraction of sp³-hybridized carbons (Fsp3) is 0.579. The van der Waals surface area contributed by atoms with Crippen LogP contribution >= 0.6 is 0 Å². The Bertz CT molecular complexity index is 689. The minimum absolute atomic E-state index is 0.150. The van der Waals surface area contributed by atoms with Crippen LogP contribution in [0.15, 0.2) is 29.7 Å². The molecule has 1 saturated heterocycles. The second-order valence-electron chi connectivity index (χ2n) is 7.55. The van der Waals surface area contributed by atoms with Crippen molar-refractivity contribution in [2.75, 3.05) is 13.1 Å². The predicted octanol–water partition coefficient (Wildman–Crippen LogP) is 1.88. The highest BCUT2D eigenvalue weighted by Crippen LogP contribution is 2.33.